The van der Waals surface area contributed by atoms with Crippen molar-refractivity contribution in [3.05, 3.63) is 11.1 Å². The van der Waals surface area contributed by atoms with Crippen LogP contribution in [0, 0.1) is 12.8 Å². The van der Waals surface area contributed by atoms with Gasteiger partial charge in [-0.15, -0.1) is 11.3 Å². The first-order valence-electron chi connectivity index (χ1n) is 4.57. The van der Waals surface area contributed by atoms with Gasteiger partial charge in [-0.2, -0.15) is 0 Å². The minimum atomic E-state index is -2.65. The number of halogens is 2. The van der Waals surface area contributed by atoms with E-state index in [0.29, 0.717) is 5.13 Å². The minimum Gasteiger partial charge on any atom is -0.302 e. The number of thiazole rings is 1. The molecule has 6 heteroatoms. The van der Waals surface area contributed by atoms with Crippen molar-refractivity contribution >= 4 is 22.4 Å². The molecule has 0 aromatic carbocycles. The summed E-state index contributed by atoms with van der Waals surface area (Å²) in [5, 5.41) is 4.81. The number of aromatic nitrogens is 1. The molecule has 1 heterocycles. The van der Waals surface area contributed by atoms with Crippen LogP contribution in [-0.4, -0.2) is 16.8 Å². The van der Waals surface area contributed by atoms with E-state index < -0.39 is 11.8 Å². The van der Waals surface area contributed by atoms with Crippen molar-refractivity contribution in [3.8, 4) is 0 Å². The fraction of sp³-hybridized carbons (Fsp3) is 0.556. The van der Waals surface area contributed by atoms with Crippen LogP contribution in [0.3, 0.4) is 0 Å². The second-order valence-corrected chi connectivity index (χ2v) is 4.60. The summed E-state index contributed by atoms with van der Waals surface area (Å²) in [6.45, 7) is 1.81. The molecule has 0 saturated heterocycles. The van der Waals surface area contributed by atoms with Crippen molar-refractivity contribution in [3.63, 3.8) is 0 Å². The SMILES string of the molecule is Cc1csc(NC(=O)C2CC(F)(F)C2)n1. The minimum absolute atomic E-state index is 0.344. The molecule has 1 aromatic rings. The second-order valence-electron chi connectivity index (χ2n) is 3.74. The number of nitrogens with one attached hydrogen (secondary N) is 1. The molecule has 0 radical (unpaired) electrons. The van der Waals surface area contributed by atoms with Gasteiger partial charge in [0, 0.05) is 24.1 Å². The number of anilines is 1. The van der Waals surface area contributed by atoms with Crippen LogP contribution >= 0.6 is 11.3 Å². The Morgan fingerprint density at radius 2 is 2.33 bits per heavy atom. The van der Waals surface area contributed by atoms with Gasteiger partial charge in [-0.25, -0.2) is 13.8 Å². The van der Waals surface area contributed by atoms with Crippen LogP contribution in [0.1, 0.15) is 18.5 Å². The van der Waals surface area contributed by atoms with E-state index in [4.69, 9.17) is 0 Å². The Labute approximate surface area is 89.5 Å². The number of hydrogen-bond acceptors (Lipinski definition) is 3. The Morgan fingerprint density at radius 3 is 2.80 bits per heavy atom. The molecule has 0 bridgehead atoms. The zero-order valence-electron chi connectivity index (χ0n) is 8.09. The fourth-order valence-corrected chi connectivity index (χ4v) is 2.16. The third-order valence-corrected chi connectivity index (χ3v) is 3.19. The number of hydrogen-bond donors (Lipinski definition) is 1. The summed E-state index contributed by atoms with van der Waals surface area (Å²) in [4.78, 5) is 15.4. The molecule has 0 aliphatic heterocycles. The van der Waals surface area contributed by atoms with E-state index in [-0.39, 0.29) is 18.7 Å². The van der Waals surface area contributed by atoms with E-state index in [0.717, 1.165) is 5.69 Å². The molecule has 15 heavy (non-hydrogen) atoms. The van der Waals surface area contributed by atoms with Crippen LogP contribution in [0.5, 0.6) is 0 Å². The average Bonchev–Trinajstić information content (AvgIpc) is 2.46. The zero-order chi connectivity index (χ0) is 11.1. The summed E-state index contributed by atoms with van der Waals surface area (Å²) < 4.78 is 25.0. The highest BCUT2D eigenvalue weighted by Gasteiger charge is 2.48. The van der Waals surface area contributed by atoms with Crippen molar-refractivity contribution in [2.45, 2.75) is 25.7 Å². The number of aryl methyl sites for hydroxylation is 1. The molecule has 1 N–H and O–H groups in total. The predicted molar refractivity (Wildman–Crippen MR) is 53.2 cm³/mol. The van der Waals surface area contributed by atoms with E-state index in [1.165, 1.54) is 11.3 Å². The number of amides is 1. The summed E-state index contributed by atoms with van der Waals surface area (Å²) in [6, 6.07) is 0. The molecule has 1 aromatic heterocycles. The first kappa shape index (κ1) is 10.5. The molecular formula is C9H10F2N2OS. The monoisotopic (exact) mass is 232 g/mol. The Hall–Kier alpha value is -1.04. The van der Waals surface area contributed by atoms with Gasteiger partial charge in [0.2, 0.25) is 11.8 Å². The van der Waals surface area contributed by atoms with E-state index in [9.17, 15) is 13.6 Å². The third-order valence-electron chi connectivity index (χ3n) is 2.31. The topological polar surface area (TPSA) is 42.0 Å². The lowest BCUT2D eigenvalue weighted by atomic mass is 9.81. The van der Waals surface area contributed by atoms with Gasteiger partial charge in [-0.05, 0) is 6.92 Å². The van der Waals surface area contributed by atoms with Crippen LogP contribution in [-0.2, 0) is 4.79 Å². The highest BCUT2D eigenvalue weighted by Crippen LogP contribution is 2.42. The fourth-order valence-electron chi connectivity index (χ4n) is 1.47. The van der Waals surface area contributed by atoms with Crippen molar-refractivity contribution in [1.82, 2.24) is 4.98 Å². The number of alkyl halides is 2. The van der Waals surface area contributed by atoms with Crippen LogP contribution in [0.15, 0.2) is 5.38 Å². The van der Waals surface area contributed by atoms with Crippen LogP contribution in [0.25, 0.3) is 0 Å². The summed E-state index contributed by atoms with van der Waals surface area (Å²) in [5.41, 5.74) is 0.814. The zero-order valence-corrected chi connectivity index (χ0v) is 8.91. The molecule has 1 amide bonds. The van der Waals surface area contributed by atoms with Gasteiger partial charge >= 0.3 is 0 Å². The number of carbonyl (C=O) groups is 1. The molecule has 0 spiro atoms. The lowest BCUT2D eigenvalue weighted by molar-refractivity contribution is -0.145. The van der Waals surface area contributed by atoms with Crippen molar-refractivity contribution in [2.75, 3.05) is 5.32 Å². The summed E-state index contributed by atoms with van der Waals surface area (Å²) in [7, 11) is 0. The standard InChI is InChI=1S/C9H10F2N2OS/c1-5-4-15-8(12-5)13-7(14)6-2-9(10,11)3-6/h4,6H,2-3H2,1H3,(H,12,13,14). The molecular weight excluding hydrogens is 222 g/mol. The van der Waals surface area contributed by atoms with Crippen LogP contribution in [0.2, 0.25) is 0 Å². The molecule has 2 rings (SSSR count). The number of carbonyl (C=O) groups excluding carboxylic acids is 1. The molecule has 1 aliphatic carbocycles. The maximum atomic E-state index is 12.5. The molecule has 0 atom stereocenters. The highest BCUT2D eigenvalue weighted by atomic mass is 32.1. The van der Waals surface area contributed by atoms with Crippen molar-refractivity contribution < 1.29 is 13.6 Å². The maximum Gasteiger partial charge on any atom is 0.249 e. The Kier molecular flexibility index (Phi) is 2.46. The van der Waals surface area contributed by atoms with Gasteiger partial charge in [0.1, 0.15) is 0 Å². The van der Waals surface area contributed by atoms with Crippen LogP contribution in [0.4, 0.5) is 13.9 Å². The molecule has 82 valence electrons. The van der Waals surface area contributed by atoms with Gasteiger partial charge < -0.3 is 5.32 Å². The van der Waals surface area contributed by atoms with Gasteiger partial charge in [0.15, 0.2) is 5.13 Å². The van der Waals surface area contributed by atoms with E-state index in [2.05, 4.69) is 10.3 Å². The second kappa shape index (κ2) is 3.52. The number of nitrogens with zero attached hydrogens (tertiary/aromatic N) is 1. The number of rotatable bonds is 2. The van der Waals surface area contributed by atoms with E-state index in [1.807, 2.05) is 6.92 Å². The predicted octanol–water partition coefficient (Wildman–Crippen LogP) is 2.44. The Balaban J connectivity index is 1.89. The van der Waals surface area contributed by atoms with E-state index >= 15 is 0 Å². The molecule has 1 saturated carbocycles. The summed E-state index contributed by atoms with van der Waals surface area (Å²) >= 11 is 1.30. The molecule has 1 fully saturated rings. The molecule has 3 nitrogen and oxygen atoms in total. The van der Waals surface area contributed by atoms with Gasteiger partial charge in [0.05, 0.1) is 5.69 Å². The third kappa shape index (κ3) is 2.31. The Bertz CT molecular complexity index is 383. The van der Waals surface area contributed by atoms with Crippen LogP contribution < -0.4 is 5.32 Å². The lowest BCUT2D eigenvalue weighted by Crippen LogP contribution is -2.42. The Morgan fingerprint density at radius 1 is 1.67 bits per heavy atom. The smallest absolute Gasteiger partial charge is 0.249 e. The first-order valence-corrected chi connectivity index (χ1v) is 5.45. The van der Waals surface area contributed by atoms with Gasteiger partial charge in [0.25, 0.3) is 0 Å². The normalized spacial score (nSPS) is 19.7. The lowest BCUT2D eigenvalue weighted by Gasteiger charge is -2.33. The van der Waals surface area contributed by atoms with Crippen molar-refractivity contribution in [2.24, 2.45) is 5.92 Å². The average molecular weight is 232 g/mol. The summed E-state index contributed by atoms with van der Waals surface area (Å²) in [5.74, 6) is -3.57. The molecule has 0 unspecified atom stereocenters. The highest BCUT2D eigenvalue weighted by molar-refractivity contribution is 7.13. The van der Waals surface area contributed by atoms with Gasteiger partial charge in [-0.1, -0.05) is 0 Å². The van der Waals surface area contributed by atoms with Gasteiger partial charge in [-0.3, -0.25) is 4.79 Å². The quantitative estimate of drug-likeness (QED) is 0.850. The first-order chi connectivity index (χ1) is 6.96. The van der Waals surface area contributed by atoms with E-state index in [1.54, 1.807) is 5.38 Å². The summed E-state index contributed by atoms with van der Waals surface area (Å²) in [6.07, 6.45) is -0.688. The molecule has 1 aliphatic rings. The maximum absolute atomic E-state index is 12.5. The van der Waals surface area contributed by atoms with Crippen molar-refractivity contribution in [1.29, 1.82) is 0 Å². The largest absolute Gasteiger partial charge is 0.302 e.